The van der Waals surface area contributed by atoms with E-state index in [1.807, 2.05) is 30.3 Å². The lowest BCUT2D eigenvalue weighted by Gasteiger charge is -2.03. The largest absolute Gasteiger partial charge is 0.497 e. The summed E-state index contributed by atoms with van der Waals surface area (Å²) in [7, 11) is 1.62. The molecule has 1 N–H and O–H groups in total. The van der Waals surface area contributed by atoms with Gasteiger partial charge in [0.05, 0.1) is 7.11 Å². The second-order valence-electron chi connectivity index (χ2n) is 3.75. The van der Waals surface area contributed by atoms with Crippen LogP contribution in [0.1, 0.15) is 0 Å². The fraction of sp³-hybridized carbons (Fsp3) is 0.0833. The quantitative estimate of drug-likeness (QED) is 0.785. The summed E-state index contributed by atoms with van der Waals surface area (Å²) in [5.41, 5.74) is 0.156. The Hall–Kier alpha value is -2.28. The molecule has 6 nitrogen and oxygen atoms in total. The second-order valence-corrected chi connectivity index (χ2v) is 4.85. The fourth-order valence-electron chi connectivity index (χ4n) is 1.63. The van der Waals surface area contributed by atoms with Gasteiger partial charge in [-0.25, -0.2) is 9.89 Å². The summed E-state index contributed by atoms with van der Waals surface area (Å²) in [6, 6.07) is 11.2. The minimum atomic E-state index is -0.344. The predicted molar refractivity (Wildman–Crippen MR) is 70.7 cm³/mol. The number of benzene rings is 1. The summed E-state index contributed by atoms with van der Waals surface area (Å²) in [5, 5.41) is 11.1. The Morgan fingerprint density at radius 1 is 1.32 bits per heavy atom. The van der Waals surface area contributed by atoms with Crippen molar-refractivity contribution in [3.63, 3.8) is 0 Å². The molecule has 0 radical (unpaired) electrons. The molecule has 0 bridgehead atoms. The van der Waals surface area contributed by atoms with Crippen LogP contribution in [-0.2, 0) is 0 Å². The molecule has 0 fully saturated rings. The summed E-state index contributed by atoms with van der Waals surface area (Å²) in [6.07, 6.45) is 0. The number of aromatic amines is 1. The lowest BCUT2D eigenvalue weighted by molar-refractivity contribution is 0.413. The molecule has 0 aliphatic carbocycles. The Morgan fingerprint density at radius 3 is 3.05 bits per heavy atom. The molecule has 0 spiro atoms. The number of rotatable bonds is 3. The van der Waals surface area contributed by atoms with E-state index in [9.17, 15) is 4.79 Å². The first-order valence-corrected chi connectivity index (χ1v) is 6.34. The standard InChI is InChI=1S/C12H10N4O2S/c1-18-8-3-2-4-9(7-8)19-11-6-5-10-13-14-12(17)16(10)15-11/h2-7H,1H3,(H,14,17). The maximum atomic E-state index is 11.4. The Kier molecular flexibility index (Phi) is 2.96. The van der Waals surface area contributed by atoms with E-state index in [0.717, 1.165) is 10.6 Å². The Bertz CT molecular complexity index is 780. The van der Waals surface area contributed by atoms with Crippen LogP contribution in [0.15, 0.2) is 51.1 Å². The SMILES string of the molecule is COc1cccc(Sc2ccc3n[nH]c(=O)n3n2)c1. The van der Waals surface area contributed by atoms with Crippen molar-refractivity contribution in [3.8, 4) is 5.75 Å². The molecule has 0 atom stereocenters. The molecule has 0 unspecified atom stereocenters. The third kappa shape index (κ3) is 2.32. The highest BCUT2D eigenvalue weighted by atomic mass is 32.2. The molecule has 19 heavy (non-hydrogen) atoms. The van der Waals surface area contributed by atoms with Crippen LogP contribution in [0.2, 0.25) is 0 Å². The monoisotopic (exact) mass is 274 g/mol. The number of ether oxygens (including phenoxy) is 1. The van der Waals surface area contributed by atoms with Crippen LogP contribution in [0.25, 0.3) is 5.65 Å². The van der Waals surface area contributed by atoms with Crippen LogP contribution >= 0.6 is 11.8 Å². The molecular weight excluding hydrogens is 264 g/mol. The molecule has 7 heteroatoms. The molecule has 3 rings (SSSR count). The summed E-state index contributed by atoms with van der Waals surface area (Å²) >= 11 is 1.45. The van der Waals surface area contributed by atoms with Gasteiger partial charge in [-0.3, -0.25) is 0 Å². The Morgan fingerprint density at radius 2 is 2.21 bits per heavy atom. The van der Waals surface area contributed by atoms with Crippen molar-refractivity contribution in [1.29, 1.82) is 0 Å². The highest BCUT2D eigenvalue weighted by molar-refractivity contribution is 7.99. The molecule has 0 aliphatic rings. The lowest BCUT2D eigenvalue weighted by Crippen LogP contribution is -2.12. The third-order valence-corrected chi connectivity index (χ3v) is 3.43. The van der Waals surface area contributed by atoms with Crippen molar-refractivity contribution in [2.75, 3.05) is 7.11 Å². The number of nitrogens with one attached hydrogen (secondary N) is 1. The van der Waals surface area contributed by atoms with E-state index in [4.69, 9.17) is 4.74 Å². The number of fused-ring (bicyclic) bond motifs is 1. The van der Waals surface area contributed by atoms with Crippen molar-refractivity contribution in [2.45, 2.75) is 9.92 Å². The average molecular weight is 274 g/mol. The van der Waals surface area contributed by atoms with Crippen LogP contribution < -0.4 is 10.4 Å². The zero-order valence-electron chi connectivity index (χ0n) is 10.0. The van der Waals surface area contributed by atoms with Crippen LogP contribution in [0.5, 0.6) is 5.75 Å². The number of hydrogen-bond donors (Lipinski definition) is 1. The highest BCUT2D eigenvalue weighted by Crippen LogP contribution is 2.28. The molecule has 2 aromatic heterocycles. The van der Waals surface area contributed by atoms with Gasteiger partial charge < -0.3 is 4.74 Å². The Balaban J connectivity index is 1.95. The molecule has 1 aromatic carbocycles. The topological polar surface area (TPSA) is 72.3 Å². The van der Waals surface area contributed by atoms with Crippen molar-refractivity contribution >= 4 is 17.4 Å². The molecule has 0 saturated carbocycles. The first kappa shape index (κ1) is 11.8. The van der Waals surface area contributed by atoms with E-state index in [2.05, 4.69) is 15.3 Å². The van der Waals surface area contributed by atoms with E-state index < -0.39 is 0 Å². The van der Waals surface area contributed by atoms with Gasteiger partial charge in [-0.05, 0) is 30.3 Å². The number of H-pyrrole nitrogens is 1. The highest BCUT2D eigenvalue weighted by Gasteiger charge is 2.05. The first-order chi connectivity index (χ1) is 9.26. The molecule has 0 aliphatic heterocycles. The zero-order valence-corrected chi connectivity index (χ0v) is 10.8. The molecule has 96 valence electrons. The van der Waals surface area contributed by atoms with Gasteiger partial charge in [-0.1, -0.05) is 17.8 Å². The molecular formula is C12H10N4O2S. The van der Waals surface area contributed by atoms with Crippen molar-refractivity contribution in [3.05, 3.63) is 46.9 Å². The smallest absolute Gasteiger partial charge is 0.364 e. The number of methoxy groups -OCH3 is 1. The van der Waals surface area contributed by atoms with Crippen molar-refractivity contribution in [1.82, 2.24) is 19.8 Å². The van der Waals surface area contributed by atoms with E-state index in [-0.39, 0.29) is 5.69 Å². The predicted octanol–water partition coefficient (Wildman–Crippen LogP) is 1.58. The zero-order chi connectivity index (χ0) is 13.2. The van der Waals surface area contributed by atoms with Gasteiger partial charge in [-0.15, -0.1) is 0 Å². The van der Waals surface area contributed by atoms with Gasteiger partial charge >= 0.3 is 5.69 Å². The lowest BCUT2D eigenvalue weighted by atomic mass is 10.3. The number of aromatic nitrogens is 4. The minimum Gasteiger partial charge on any atom is -0.497 e. The van der Waals surface area contributed by atoms with Crippen LogP contribution in [0.4, 0.5) is 0 Å². The van der Waals surface area contributed by atoms with E-state index in [1.54, 1.807) is 13.2 Å². The van der Waals surface area contributed by atoms with E-state index in [0.29, 0.717) is 10.7 Å². The van der Waals surface area contributed by atoms with Gasteiger partial charge in [0.25, 0.3) is 0 Å². The summed E-state index contributed by atoms with van der Waals surface area (Å²) < 4.78 is 6.40. The maximum absolute atomic E-state index is 11.4. The summed E-state index contributed by atoms with van der Waals surface area (Å²) in [5.74, 6) is 0.784. The van der Waals surface area contributed by atoms with Gasteiger partial charge in [0, 0.05) is 4.90 Å². The van der Waals surface area contributed by atoms with Gasteiger partial charge in [0.1, 0.15) is 10.8 Å². The van der Waals surface area contributed by atoms with Crippen molar-refractivity contribution < 1.29 is 4.74 Å². The first-order valence-electron chi connectivity index (χ1n) is 5.52. The Labute approximate surface area is 112 Å². The van der Waals surface area contributed by atoms with Gasteiger partial charge in [0.15, 0.2) is 5.65 Å². The normalized spacial score (nSPS) is 10.8. The molecule has 0 saturated heterocycles. The molecule has 0 amide bonds. The average Bonchev–Trinajstić information content (AvgIpc) is 2.80. The van der Waals surface area contributed by atoms with Crippen LogP contribution in [0, 0.1) is 0 Å². The van der Waals surface area contributed by atoms with Gasteiger partial charge in [0.2, 0.25) is 0 Å². The van der Waals surface area contributed by atoms with E-state index >= 15 is 0 Å². The summed E-state index contributed by atoms with van der Waals surface area (Å²) in [6.45, 7) is 0. The third-order valence-electron chi connectivity index (χ3n) is 2.51. The molecule has 2 heterocycles. The van der Waals surface area contributed by atoms with Crippen LogP contribution in [0.3, 0.4) is 0 Å². The fourth-order valence-corrected chi connectivity index (χ4v) is 2.45. The second kappa shape index (κ2) is 4.77. The minimum absolute atomic E-state index is 0.344. The van der Waals surface area contributed by atoms with Gasteiger partial charge in [-0.2, -0.15) is 14.7 Å². The van der Waals surface area contributed by atoms with Crippen molar-refractivity contribution in [2.24, 2.45) is 0 Å². The number of nitrogens with zero attached hydrogens (tertiary/aromatic N) is 3. The maximum Gasteiger partial charge on any atom is 0.364 e. The molecule has 3 aromatic rings. The van der Waals surface area contributed by atoms with E-state index in [1.165, 1.54) is 16.3 Å². The number of hydrogen-bond acceptors (Lipinski definition) is 5. The van der Waals surface area contributed by atoms with Crippen LogP contribution in [-0.4, -0.2) is 26.9 Å². The summed E-state index contributed by atoms with van der Waals surface area (Å²) in [4.78, 5) is 12.4.